The number of rotatable bonds is 8. The third-order valence-electron chi connectivity index (χ3n) is 3.96. The Morgan fingerprint density at radius 3 is 2.56 bits per heavy atom. The van der Waals surface area contributed by atoms with Crippen LogP contribution in [0.5, 0.6) is 5.75 Å². The second kappa shape index (κ2) is 9.19. The largest absolute Gasteiger partial charge is 0.493 e. The van der Waals surface area contributed by atoms with E-state index >= 15 is 0 Å². The molecular weight excluding hydrogens is 426 g/mol. The van der Waals surface area contributed by atoms with Gasteiger partial charge in [0.05, 0.1) is 17.9 Å². The zero-order valence-corrected chi connectivity index (χ0v) is 17.6. The maximum absolute atomic E-state index is 12.4. The third-order valence-corrected chi connectivity index (χ3v) is 5.45. The maximum atomic E-state index is 12.4. The number of nitrogens with zero attached hydrogens (tertiary/aromatic N) is 3. The van der Waals surface area contributed by atoms with Crippen molar-refractivity contribution in [1.82, 2.24) is 14.8 Å². The van der Waals surface area contributed by atoms with Crippen molar-refractivity contribution in [2.45, 2.75) is 25.5 Å². The zero-order valence-electron chi connectivity index (χ0n) is 15.2. The van der Waals surface area contributed by atoms with Crippen LogP contribution in [0.15, 0.2) is 58.2 Å². The Labute approximate surface area is 171 Å². The Kier molecular flexibility index (Phi) is 6.68. The minimum atomic E-state index is 0.0643. The highest BCUT2D eigenvalue weighted by Gasteiger charge is 2.17. The molecule has 0 radical (unpaired) electrons. The fraction of sp³-hybridized carbons (Fsp3) is 0.250. The Hall–Kier alpha value is -2.12. The smallest absolute Gasteiger partial charge is 0.191 e. The lowest BCUT2D eigenvalue weighted by molar-refractivity contribution is 0.102. The van der Waals surface area contributed by atoms with Crippen LogP contribution in [0.1, 0.15) is 24.2 Å². The monoisotopic (exact) mass is 445 g/mol. The maximum Gasteiger partial charge on any atom is 0.191 e. The van der Waals surface area contributed by atoms with E-state index in [4.69, 9.17) is 4.74 Å². The normalized spacial score (nSPS) is 10.8. The number of carbonyl (C=O) groups is 1. The van der Waals surface area contributed by atoms with Gasteiger partial charge in [0.15, 0.2) is 16.8 Å². The molecule has 0 aliphatic carbocycles. The molecule has 7 heteroatoms. The molecule has 5 nitrogen and oxygen atoms in total. The number of thioether (sulfide) groups is 1. The van der Waals surface area contributed by atoms with Crippen molar-refractivity contribution in [1.29, 1.82) is 0 Å². The van der Waals surface area contributed by atoms with Gasteiger partial charge in [0.2, 0.25) is 0 Å². The summed E-state index contributed by atoms with van der Waals surface area (Å²) >= 11 is 4.78. The summed E-state index contributed by atoms with van der Waals surface area (Å²) in [6.07, 6.45) is 0. The lowest BCUT2D eigenvalue weighted by atomic mass is 10.2. The quantitative estimate of drug-likeness (QED) is 0.356. The zero-order chi connectivity index (χ0) is 19.2. The Bertz CT molecular complexity index is 925. The van der Waals surface area contributed by atoms with Crippen molar-refractivity contribution >= 4 is 33.5 Å². The molecule has 1 aromatic heterocycles. The lowest BCUT2D eigenvalue weighted by Gasteiger charge is -2.11. The van der Waals surface area contributed by atoms with E-state index in [1.165, 1.54) is 11.8 Å². The van der Waals surface area contributed by atoms with Crippen molar-refractivity contribution in [3.8, 4) is 17.1 Å². The van der Waals surface area contributed by atoms with Crippen LogP contribution in [-0.2, 0) is 6.54 Å². The highest BCUT2D eigenvalue weighted by molar-refractivity contribution is 9.10. The van der Waals surface area contributed by atoms with E-state index in [0.29, 0.717) is 24.5 Å². The van der Waals surface area contributed by atoms with Crippen LogP contribution in [-0.4, -0.2) is 32.9 Å². The predicted octanol–water partition coefficient (Wildman–Crippen LogP) is 5.10. The molecule has 2 aromatic carbocycles. The molecule has 0 unspecified atom stereocenters. The van der Waals surface area contributed by atoms with Gasteiger partial charge in [0.1, 0.15) is 5.75 Å². The Morgan fingerprint density at radius 1 is 1.11 bits per heavy atom. The number of halogens is 1. The van der Waals surface area contributed by atoms with Crippen LogP contribution >= 0.6 is 27.7 Å². The minimum Gasteiger partial charge on any atom is -0.493 e. The first-order chi connectivity index (χ1) is 13.1. The second-order valence-corrected chi connectivity index (χ2v) is 7.56. The summed E-state index contributed by atoms with van der Waals surface area (Å²) in [5.41, 5.74) is 1.59. The SMILES string of the molecule is CCOc1ccccc1-c1nnc(SCC(=O)c2ccc(Br)cc2)n1CC. The number of carbonyl (C=O) groups excluding carboxylic acids is 1. The first-order valence-electron chi connectivity index (χ1n) is 8.71. The number of hydrogen-bond acceptors (Lipinski definition) is 5. The van der Waals surface area contributed by atoms with Gasteiger partial charge in [0.25, 0.3) is 0 Å². The van der Waals surface area contributed by atoms with Crippen molar-refractivity contribution in [2.24, 2.45) is 0 Å². The third kappa shape index (κ3) is 4.59. The Balaban J connectivity index is 1.80. The van der Waals surface area contributed by atoms with E-state index in [1.807, 2.05) is 66.9 Å². The van der Waals surface area contributed by atoms with Gasteiger partial charge in [-0.3, -0.25) is 4.79 Å². The van der Waals surface area contributed by atoms with Gasteiger partial charge in [-0.05, 0) is 38.1 Å². The summed E-state index contributed by atoms with van der Waals surface area (Å²) in [6, 6.07) is 15.2. The molecule has 0 bridgehead atoms. The second-order valence-electron chi connectivity index (χ2n) is 5.70. The summed E-state index contributed by atoms with van der Waals surface area (Å²) in [4.78, 5) is 12.4. The summed E-state index contributed by atoms with van der Waals surface area (Å²) < 4.78 is 8.68. The molecule has 0 N–H and O–H groups in total. The average Bonchev–Trinajstić information content (AvgIpc) is 3.10. The fourth-order valence-electron chi connectivity index (χ4n) is 2.66. The predicted molar refractivity (Wildman–Crippen MR) is 111 cm³/mol. The van der Waals surface area contributed by atoms with Gasteiger partial charge < -0.3 is 9.30 Å². The van der Waals surface area contributed by atoms with Crippen molar-refractivity contribution in [2.75, 3.05) is 12.4 Å². The van der Waals surface area contributed by atoms with E-state index in [0.717, 1.165) is 26.8 Å². The lowest BCUT2D eigenvalue weighted by Crippen LogP contribution is -2.05. The van der Waals surface area contributed by atoms with Gasteiger partial charge in [-0.25, -0.2) is 0 Å². The first kappa shape index (κ1) is 19.6. The molecule has 0 spiro atoms. The summed E-state index contributed by atoms with van der Waals surface area (Å²) in [7, 11) is 0. The van der Waals surface area contributed by atoms with Crippen molar-refractivity contribution < 1.29 is 9.53 Å². The average molecular weight is 446 g/mol. The molecule has 140 valence electrons. The molecule has 3 aromatic rings. The summed E-state index contributed by atoms with van der Waals surface area (Å²) in [6.45, 7) is 5.28. The number of para-hydroxylation sites is 1. The van der Waals surface area contributed by atoms with E-state index < -0.39 is 0 Å². The van der Waals surface area contributed by atoms with Crippen LogP contribution < -0.4 is 4.74 Å². The van der Waals surface area contributed by atoms with Crippen molar-refractivity contribution in [3.63, 3.8) is 0 Å². The van der Waals surface area contributed by atoms with Crippen LogP contribution in [0, 0.1) is 0 Å². The highest BCUT2D eigenvalue weighted by Crippen LogP contribution is 2.31. The van der Waals surface area contributed by atoms with Gasteiger partial charge in [-0.1, -0.05) is 52.0 Å². The highest BCUT2D eigenvalue weighted by atomic mass is 79.9. The van der Waals surface area contributed by atoms with Crippen LogP contribution in [0.2, 0.25) is 0 Å². The molecule has 0 fully saturated rings. The van der Waals surface area contributed by atoms with Gasteiger partial charge in [-0.2, -0.15) is 0 Å². The van der Waals surface area contributed by atoms with Crippen LogP contribution in [0.3, 0.4) is 0 Å². The standard InChI is InChI=1S/C20H20BrN3O2S/c1-3-24-19(16-7-5-6-8-18(16)26-4-2)22-23-20(24)27-13-17(25)14-9-11-15(21)12-10-14/h5-12H,3-4,13H2,1-2H3. The molecule has 0 saturated heterocycles. The van der Waals surface area contributed by atoms with Gasteiger partial charge in [-0.15, -0.1) is 10.2 Å². The van der Waals surface area contributed by atoms with E-state index in [-0.39, 0.29) is 5.78 Å². The minimum absolute atomic E-state index is 0.0643. The molecule has 3 rings (SSSR count). The number of aromatic nitrogens is 3. The van der Waals surface area contributed by atoms with E-state index in [9.17, 15) is 4.79 Å². The van der Waals surface area contributed by atoms with Crippen LogP contribution in [0.25, 0.3) is 11.4 Å². The van der Waals surface area contributed by atoms with Crippen LogP contribution in [0.4, 0.5) is 0 Å². The summed E-state index contributed by atoms with van der Waals surface area (Å²) in [5.74, 6) is 1.91. The molecule has 1 heterocycles. The number of Topliss-reactive ketones (excluding diaryl/α,β-unsaturated/α-hetero) is 1. The number of benzene rings is 2. The molecular formula is C20H20BrN3O2S. The molecule has 0 aliphatic heterocycles. The topological polar surface area (TPSA) is 57.0 Å². The van der Waals surface area contributed by atoms with E-state index in [1.54, 1.807) is 0 Å². The van der Waals surface area contributed by atoms with Gasteiger partial charge in [0, 0.05) is 16.6 Å². The molecule has 0 atom stereocenters. The van der Waals surface area contributed by atoms with Gasteiger partial charge >= 0.3 is 0 Å². The molecule has 0 amide bonds. The molecule has 27 heavy (non-hydrogen) atoms. The fourth-order valence-corrected chi connectivity index (χ4v) is 3.82. The molecule has 0 aliphatic rings. The molecule has 0 saturated carbocycles. The number of ether oxygens (including phenoxy) is 1. The first-order valence-corrected chi connectivity index (χ1v) is 10.5. The number of hydrogen-bond donors (Lipinski definition) is 0. The van der Waals surface area contributed by atoms with Crippen molar-refractivity contribution in [3.05, 3.63) is 58.6 Å². The summed E-state index contributed by atoms with van der Waals surface area (Å²) in [5, 5.41) is 9.39. The Morgan fingerprint density at radius 2 is 1.85 bits per heavy atom. The number of ketones is 1. The van der Waals surface area contributed by atoms with E-state index in [2.05, 4.69) is 26.1 Å².